The molecule has 1 heterocycles. The Bertz CT molecular complexity index is 851. The fraction of sp³-hybridized carbons (Fsp3) is 0.400. The molecule has 31 heavy (non-hydrogen) atoms. The highest BCUT2D eigenvalue weighted by molar-refractivity contribution is 5.89. The van der Waals surface area contributed by atoms with Gasteiger partial charge in [0.25, 0.3) is 0 Å². The van der Waals surface area contributed by atoms with Gasteiger partial charge in [0.1, 0.15) is 6.04 Å². The minimum Gasteiger partial charge on any atom is -0.344 e. The van der Waals surface area contributed by atoms with Gasteiger partial charge >= 0.3 is 0 Å². The lowest BCUT2D eigenvalue weighted by molar-refractivity contribution is -0.142. The molecule has 2 aromatic carbocycles. The first-order chi connectivity index (χ1) is 14.9. The Morgan fingerprint density at radius 1 is 0.742 bits per heavy atom. The van der Waals surface area contributed by atoms with Crippen LogP contribution in [0.3, 0.4) is 0 Å². The molecule has 1 saturated heterocycles. The molecule has 1 aliphatic rings. The van der Waals surface area contributed by atoms with Crippen LogP contribution in [0.2, 0.25) is 0 Å². The summed E-state index contributed by atoms with van der Waals surface area (Å²) in [5, 5.41) is 2.76. The number of piperazine rings is 1. The van der Waals surface area contributed by atoms with Crippen molar-refractivity contribution < 1.29 is 14.4 Å². The summed E-state index contributed by atoms with van der Waals surface area (Å²) >= 11 is 0. The number of hydrogen-bond acceptors (Lipinski definition) is 3. The standard InChI is InChI=1S/C25H31N3O3/c1-18(2)23(26-19(3)29)25(31)28-16-14-27(15-17-28)24(30)22(20-10-6-4-7-11-20)21-12-8-5-9-13-21/h4-13,18,22-23H,14-17H2,1-3H3,(H,26,29)/t23-/m0/s1. The number of hydrogen-bond donors (Lipinski definition) is 1. The molecule has 0 radical (unpaired) electrons. The first-order valence-electron chi connectivity index (χ1n) is 10.8. The number of rotatable bonds is 6. The molecule has 0 unspecified atom stereocenters. The Kier molecular flexibility index (Phi) is 7.45. The highest BCUT2D eigenvalue weighted by Gasteiger charge is 2.33. The second-order valence-electron chi connectivity index (χ2n) is 8.33. The fourth-order valence-electron chi connectivity index (χ4n) is 4.03. The van der Waals surface area contributed by atoms with Gasteiger partial charge in [0, 0.05) is 33.1 Å². The number of carbonyl (C=O) groups is 3. The molecule has 3 amide bonds. The van der Waals surface area contributed by atoms with Gasteiger partial charge in [-0.1, -0.05) is 74.5 Å². The zero-order valence-electron chi connectivity index (χ0n) is 18.5. The van der Waals surface area contributed by atoms with E-state index in [-0.39, 0.29) is 29.6 Å². The molecule has 0 aliphatic carbocycles. The maximum absolute atomic E-state index is 13.5. The van der Waals surface area contributed by atoms with Gasteiger partial charge < -0.3 is 15.1 Å². The highest BCUT2D eigenvalue weighted by Crippen LogP contribution is 2.27. The number of amides is 3. The van der Waals surface area contributed by atoms with Crippen molar-refractivity contribution in [2.24, 2.45) is 5.92 Å². The summed E-state index contributed by atoms with van der Waals surface area (Å²) in [6.45, 7) is 7.14. The van der Waals surface area contributed by atoms with E-state index < -0.39 is 6.04 Å². The highest BCUT2D eigenvalue weighted by atomic mass is 16.2. The molecule has 2 aromatic rings. The van der Waals surface area contributed by atoms with Crippen LogP contribution in [0.5, 0.6) is 0 Å². The molecule has 6 nitrogen and oxygen atoms in total. The van der Waals surface area contributed by atoms with E-state index in [4.69, 9.17) is 0 Å². The normalized spacial score (nSPS) is 15.1. The van der Waals surface area contributed by atoms with Gasteiger partial charge in [-0.15, -0.1) is 0 Å². The van der Waals surface area contributed by atoms with Gasteiger partial charge in [0.2, 0.25) is 17.7 Å². The Hall–Kier alpha value is -3.15. The quantitative estimate of drug-likeness (QED) is 0.780. The minimum atomic E-state index is -0.541. The molecule has 0 aromatic heterocycles. The Morgan fingerprint density at radius 3 is 1.55 bits per heavy atom. The molecular formula is C25H31N3O3. The van der Waals surface area contributed by atoms with Crippen molar-refractivity contribution in [1.29, 1.82) is 0 Å². The van der Waals surface area contributed by atoms with Crippen molar-refractivity contribution in [3.8, 4) is 0 Å². The van der Waals surface area contributed by atoms with E-state index in [0.29, 0.717) is 26.2 Å². The summed E-state index contributed by atoms with van der Waals surface area (Å²) in [5.74, 6) is -0.620. The van der Waals surface area contributed by atoms with Crippen LogP contribution in [-0.4, -0.2) is 59.7 Å². The van der Waals surface area contributed by atoms with Crippen LogP contribution >= 0.6 is 0 Å². The van der Waals surface area contributed by atoms with Crippen LogP contribution in [-0.2, 0) is 14.4 Å². The molecule has 1 fully saturated rings. The van der Waals surface area contributed by atoms with Crippen LogP contribution in [0, 0.1) is 5.92 Å². The number of nitrogens with one attached hydrogen (secondary N) is 1. The molecule has 6 heteroatoms. The average molecular weight is 422 g/mol. The molecule has 1 aliphatic heterocycles. The summed E-state index contributed by atoms with van der Waals surface area (Å²) in [6.07, 6.45) is 0. The largest absolute Gasteiger partial charge is 0.344 e. The summed E-state index contributed by atoms with van der Waals surface area (Å²) in [4.78, 5) is 41.6. The summed E-state index contributed by atoms with van der Waals surface area (Å²) < 4.78 is 0. The van der Waals surface area contributed by atoms with Crippen LogP contribution in [0.1, 0.15) is 37.8 Å². The second kappa shape index (κ2) is 10.2. The first-order valence-corrected chi connectivity index (χ1v) is 10.8. The Balaban J connectivity index is 1.72. The average Bonchev–Trinajstić information content (AvgIpc) is 2.78. The molecule has 1 atom stereocenters. The molecule has 0 saturated carbocycles. The Morgan fingerprint density at radius 2 is 1.16 bits per heavy atom. The van der Waals surface area contributed by atoms with Crippen molar-refractivity contribution in [1.82, 2.24) is 15.1 Å². The maximum Gasteiger partial charge on any atom is 0.245 e. The Labute approximate surface area is 184 Å². The second-order valence-corrected chi connectivity index (χ2v) is 8.33. The third kappa shape index (κ3) is 5.51. The lowest BCUT2D eigenvalue weighted by atomic mass is 9.90. The van der Waals surface area contributed by atoms with E-state index in [1.165, 1.54) is 6.92 Å². The van der Waals surface area contributed by atoms with Gasteiger partial charge in [0.05, 0.1) is 5.92 Å². The van der Waals surface area contributed by atoms with Crippen molar-refractivity contribution in [2.45, 2.75) is 32.7 Å². The SMILES string of the molecule is CC(=O)N[C@H](C(=O)N1CCN(C(=O)C(c2ccccc2)c2ccccc2)CC1)C(C)C. The predicted octanol–water partition coefficient (Wildman–Crippen LogP) is 2.65. The third-order valence-electron chi connectivity index (χ3n) is 5.71. The van der Waals surface area contributed by atoms with E-state index in [2.05, 4.69) is 5.32 Å². The van der Waals surface area contributed by atoms with Gasteiger partial charge in [-0.3, -0.25) is 14.4 Å². The van der Waals surface area contributed by atoms with Gasteiger partial charge in [-0.2, -0.15) is 0 Å². The monoisotopic (exact) mass is 421 g/mol. The fourth-order valence-corrected chi connectivity index (χ4v) is 4.03. The zero-order chi connectivity index (χ0) is 22.4. The van der Waals surface area contributed by atoms with Crippen molar-refractivity contribution >= 4 is 17.7 Å². The van der Waals surface area contributed by atoms with Crippen molar-refractivity contribution in [2.75, 3.05) is 26.2 Å². The van der Waals surface area contributed by atoms with Gasteiger partial charge in [0.15, 0.2) is 0 Å². The topological polar surface area (TPSA) is 69.7 Å². The van der Waals surface area contributed by atoms with E-state index >= 15 is 0 Å². The van der Waals surface area contributed by atoms with Crippen molar-refractivity contribution in [3.63, 3.8) is 0 Å². The van der Waals surface area contributed by atoms with Crippen LogP contribution < -0.4 is 5.32 Å². The van der Waals surface area contributed by atoms with Crippen LogP contribution in [0.25, 0.3) is 0 Å². The number of benzene rings is 2. The van der Waals surface area contributed by atoms with E-state index in [0.717, 1.165) is 11.1 Å². The predicted molar refractivity (Wildman–Crippen MR) is 120 cm³/mol. The van der Waals surface area contributed by atoms with E-state index in [9.17, 15) is 14.4 Å². The van der Waals surface area contributed by atoms with Crippen LogP contribution in [0.15, 0.2) is 60.7 Å². The molecule has 0 spiro atoms. The molecule has 1 N–H and O–H groups in total. The van der Waals surface area contributed by atoms with Crippen LogP contribution in [0.4, 0.5) is 0 Å². The molecule has 3 rings (SSSR count). The minimum absolute atomic E-state index is 0.00315. The number of nitrogens with zero attached hydrogens (tertiary/aromatic N) is 2. The molecular weight excluding hydrogens is 390 g/mol. The van der Waals surface area contributed by atoms with E-state index in [1.807, 2.05) is 79.4 Å². The lowest BCUT2D eigenvalue weighted by Crippen LogP contribution is -2.57. The first kappa shape index (κ1) is 22.5. The third-order valence-corrected chi connectivity index (χ3v) is 5.71. The molecule has 164 valence electrons. The van der Waals surface area contributed by atoms with Gasteiger partial charge in [-0.05, 0) is 17.0 Å². The summed E-state index contributed by atoms with van der Waals surface area (Å²) in [6, 6.07) is 19.1. The summed E-state index contributed by atoms with van der Waals surface area (Å²) in [7, 11) is 0. The smallest absolute Gasteiger partial charge is 0.245 e. The van der Waals surface area contributed by atoms with Gasteiger partial charge in [-0.25, -0.2) is 0 Å². The molecule has 0 bridgehead atoms. The van der Waals surface area contributed by atoms with Crippen molar-refractivity contribution in [3.05, 3.63) is 71.8 Å². The number of carbonyl (C=O) groups excluding carboxylic acids is 3. The maximum atomic E-state index is 13.5. The zero-order valence-corrected chi connectivity index (χ0v) is 18.5. The lowest BCUT2D eigenvalue weighted by Gasteiger charge is -2.38. The summed E-state index contributed by atoms with van der Waals surface area (Å²) in [5.41, 5.74) is 1.92. The van der Waals surface area contributed by atoms with E-state index in [1.54, 1.807) is 4.90 Å².